The second-order valence-corrected chi connectivity index (χ2v) is 9.27. The Hall–Kier alpha value is -4.07. The summed E-state index contributed by atoms with van der Waals surface area (Å²) in [4.78, 5) is 73.9. The van der Waals surface area contributed by atoms with Crippen molar-refractivity contribution in [2.75, 3.05) is 19.0 Å². The number of carbonyl (C=O) groups excluding carboxylic acids is 4. The number of carboxylic acids is 1. The number of nitrogens with one attached hydrogen (secondary N) is 3. The van der Waals surface area contributed by atoms with E-state index in [1.54, 1.807) is 13.8 Å². The maximum atomic E-state index is 13.1. The Morgan fingerprint density at radius 2 is 1.74 bits per heavy atom. The first-order chi connectivity index (χ1) is 17.8. The molecule has 1 fully saturated rings. The Kier molecular flexibility index (Phi) is 10.7. The molecule has 0 aromatic heterocycles. The van der Waals surface area contributed by atoms with E-state index in [1.165, 1.54) is 43.2 Å². The van der Waals surface area contributed by atoms with Crippen molar-refractivity contribution >= 4 is 41.0 Å². The Morgan fingerprint density at radius 1 is 1.11 bits per heavy atom. The third-order valence-electron chi connectivity index (χ3n) is 6.10. The van der Waals surface area contributed by atoms with Gasteiger partial charge in [0.05, 0.1) is 11.3 Å². The molecule has 1 aliphatic heterocycles. The van der Waals surface area contributed by atoms with Gasteiger partial charge in [0.15, 0.2) is 0 Å². The van der Waals surface area contributed by atoms with Gasteiger partial charge >= 0.3 is 5.97 Å². The van der Waals surface area contributed by atoms with Crippen molar-refractivity contribution in [1.82, 2.24) is 15.5 Å². The SMILES string of the molecule is COC(CC(=O)O)C(=O)N[C@@H](C)C(=O)N1CCC[C@H]1C(=O)N[C@H](C(=O)Nc1ccc([N+](=O)[O-])cc1)C(C)C. The first-order valence-electron chi connectivity index (χ1n) is 12.1. The summed E-state index contributed by atoms with van der Waals surface area (Å²) >= 11 is 0. The lowest BCUT2D eigenvalue weighted by Crippen LogP contribution is -2.56. The van der Waals surface area contributed by atoms with Crippen LogP contribution in [-0.2, 0) is 28.7 Å². The summed E-state index contributed by atoms with van der Waals surface area (Å²) in [6, 6.07) is 2.39. The summed E-state index contributed by atoms with van der Waals surface area (Å²) in [5.41, 5.74) is 0.188. The van der Waals surface area contributed by atoms with E-state index in [1.807, 2.05) is 0 Å². The van der Waals surface area contributed by atoms with Crippen LogP contribution in [0.15, 0.2) is 24.3 Å². The molecule has 38 heavy (non-hydrogen) atoms. The highest BCUT2D eigenvalue weighted by molar-refractivity contribution is 5.99. The van der Waals surface area contributed by atoms with Crippen molar-refractivity contribution in [3.05, 3.63) is 34.4 Å². The molecule has 1 aliphatic rings. The van der Waals surface area contributed by atoms with E-state index in [9.17, 15) is 34.1 Å². The summed E-state index contributed by atoms with van der Waals surface area (Å²) in [7, 11) is 1.18. The molecule has 1 aromatic carbocycles. The normalized spacial score (nSPS) is 17.3. The minimum atomic E-state index is -1.28. The number of likely N-dealkylation sites (tertiary alicyclic amines) is 1. The second kappa shape index (κ2) is 13.5. The standard InChI is InChI=1S/C24H33N5O9/c1-13(2)20(23(34)26-15-7-9-16(10-8-15)29(36)37)27-21(32)17-6-5-11-28(17)24(35)14(3)25-22(33)18(38-4)12-19(30)31/h7-10,13-14,17-18,20H,5-6,11-12H2,1-4H3,(H,25,33)(H,26,34)(H,27,32)(H,30,31)/t14-,17-,18?,20-/m0/s1. The number of nitro groups is 1. The predicted molar refractivity (Wildman–Crippen MR) is 134 cm³/mol. The van der Waals surface area contributed by atoms with Gasteiger partial charge in [0, 0.05) is 31.5 Å². The van der Waals surface area contributed by atoms with Gasteiger partial charge in [0.1, 0.15) is 24.2 Å². The van der Waals surface area contributed by atoms with Gasteiger partial charge in [-0.2, -0.15) is 0 Å². The molecule has 14 nitrogen and oxygen atoms in total. The van der Waals surface area contributed by atoms with Crippen molar-refractivity contribution in [2.45, 2.75) is 64.3 Å². The van der Waals surface area contributed by atoms with E-state index >= 15 is 0 Å². The Balaban J connectivity index is 2.05. The number of aliphatic carboxylic acids is 1. The van der Waals surface area contributed by atoms with E-state index in [2.05, 4.69) is 16.0 Å². The summed E-state index contributed by atoms with van der Waals surface area (Å²) in [6.07, 6.45) is -0.962. The lowest BCUT2D eigenvalue weighted by Gasteiger charge is -2.29. The molecule has 0 radical (unpaired) electrons. The van der Waals surface area contributed by atoms with Crippen LogP contribution in [0.2, 0.25) is 0 Å². The highest BCUT2D eigenvalue weighted by atomic mass is 16.6. The molecule has 1 heterocycles. The number of anilines is 1. The van der Waals surface area contributed by atoms with Crippen LogP contribution in [0.5, 0.6) is 0 Å². The van der Waals surface area contributed by atoms with Crippen LogP contribution in [0, 0.1) is 16.0 Å². The third kappa shape index (κ3) is 7.96. The molecule has 1 saturated heterocycles. The Labute approximate surface area is 219 Å². The van der Waals surface area contributed by atoms with Crippen LogP contribution < -0.4 is 16.0 Å². The number of ether oxygens (including phenoxy) is 1. The Bertz CT molecular complexity index is 1060. The van der Waals surface area contributed by atoms with Crippen molar-refractivity contribution in [1.29, 1.82) is 0 Å². The Morgan fingerprint density at radius 3 is 2.26 bits per heavy atom. The summed E-state index contributed by atoms with van der Waals surface area (Å²) < 4.78 is 4.89. The smallest absolute Gasteiger partial charge is 0.306 e. The fraction of sp³-hybridized carbons (Fsp3) is 0.542. The molecule has 1 aromatic rings. The van der Waals surface area contributed by atoms with Crippen molar-refractivity contribution in [3.63, 3.8) is 0 Å². The number of benzene rings is 1. The van der Waals surface area contributed by atoms with Crippen LogP contribution in [0.25, 0.3) is 0 Å². The van der Waals surface area contributed by atoms with Crippen LogP contribution in [-0.4, -0.2) is 82.4 Å². The van der Waals surface area contributed by atoms with Crippen molar-refractivity contribution in [3.8, 4) is 0 Å². The van der Waals surface area contributed by atoms with Gasteiger partial charge in [-0.05, 0) is 37.8 Å². The molecule has 4 amide bonds. The lowest BCUT2D eigenvalue weighted by molar-refractivity contribution is -0.384. The second-order valence-electron chi connectivity index (χ2n) is 9.27. The fourth-order valence-corrected chi connectivity index (χ4v) is 4.03. The molecule has 0 spiro atoms. The first-order valence-corrected chi connectivity index (χ1v) is 12.1. The van der Waals surface area contributed by atoms with Gasteiger partial charge in [-0.3, -0.25) is 34.1 Å². The number of non-ortho nitro benzene ring substituents is 1. The summed E-state index contributed by atoms with van der Waals surface area (Å²) in [5, 5.41) is 27.5. The van der Waals surface area contributed by atoms with Gasteiger partial charge in [0.2, 0.25) is 23.6 Å². The average molecular weight is 536 g/mol. The number of amides is 4. The average Bonchev–Trinajstić information content (AvgIpc) is 3.35. The zero-order valence-corrected chi connectivity index (χ0v) is 21.6. The zero-order valence-electron chi connectivity index (χ0n) is 21.6. The molecule has 0 saturated carbocycles. The van der Waals surface area contributed by atoms with Gasteiger partial charge in [-0.15, -0.1) is 0 Å². The van der Waals surface area contributed by atoms with E-state index in [0.717, 1.165) is 0 Å². The van der Waals surface area contributed by atoms with Gasteiger partial charge in [-0.1, -0.05) is 13.8 Å². The van der Waals surface area contributed by atoms with Crippen molar-refractivity contribution < 1.29 is 38.7 Å². The van der Waals surface area contributed by atoms with Crippen LogP contribution >= 0.6 is 0 Å². The number of carboxylic acid groups (broad SMARTS) is 1. The quantitative estimate of drug-likeness (QED) is 0.219. The summed E-state index contributed by atoms with van der Waals surface area (Å²) in [6.45, 7) is 5.16. The first kappa shape index (κ1) is 30.2. The molecular formula is C24H33N5O9. The van der Waals surface area contributed by atoms with E-state index < -0.39 is 65.2 Å². The number of hydrogen-bond acceptors (Lipinski definition) is 8. The molecule has 0 aliphatic carbocycles. The van der Waals surface area contributed by atoms with Crippen molar-refractivity contribution in [2.24, 2.45) is 5.92 Å². The fourth-order valence-electron chi connectivity index (χ4n) is 4.03. The lowest BCUT2D eigenvalue weighted by atomic mass is 10.0. The molecule has 1 unspecified atom stereocenters. The van der Waals surface area contributed by atoms with E-state index in [-0.39, 0.29) is 18.2 Å². The maximum Gasteiger partial charge on any atom is 0.306 e. The highest BCUT2D eigenvalue weighted by Crippen LogP contribution is 2.20. The molecule has 208 valence electrons. The highest BCUT2D eigenvalue weighted by Gasteiger charge is 2.38. The minimum absolute atomic E-state index is 0.132. The molecular weight excluding hydrogens is 502 g/mol. The van der Waals surface area contributed by atoms with Gasteiger partial charge < -0.3 is 30.7 Å². The van der Waals surface area contributed by atoms with Crippen LogP contribution in [0.1, 0.15) is 40.0 Å². The number of rotatable bonds is 12. The minimum Gasteiger partial charge on any atom is -0.481 e. The monoisotopic (exact) mass is 535 g/mol. The molecule has 2 rings (SSSR count). The number of nitro benzene ring substituents is 1. The predicted octanol–water partition coefficient (Wildman–Crippen LogP) is 0.660. The summed E-state index contributed by atoms with van der Waals surface area (Å²) in [5.74, 6) is -3.91. The number of methoxy groups -OCH3 is 1. The van der Waals surface area contributed by atoms with Crippen LogP contribution in [0.4, 0.5) is 11.4 Å². The maximum absolute atomic E-state index is 13.1. The topological polar surface area (TPSA) is 197 Å². The van der Waals surface area contributed by atoms with Gasteiger partial charge in [0.25, 0.3) is 5.69 Å². The zero-order chi connectivity index (χ0) is 28.6. The van der Waals surface area contributed by atoms with E-state index in [4.69, 9.17) is 9.84 Å². The number of carbonyl (C=O) groups is 5. The van der Waals surface area contributed by atoms with Gasteiger partial charge in [-0.25, -0.2) is 0 Å². The van der Waals surface area contributed by atoms with Crippen LogP contribution in [0.3, 0.4) is 0 Å². The van der Waals surface area contributed by atoms with E-state index in [0.29, 0.717) is 18.5 Å². The molecule has 4 N–H and O–H groups in total. The largest absolute Gasteiger partial charge is 0.481 e. The third-order valence-corrected chi connectivity index (χ3v) is 6.10. The molecule has 0 bridgehead atoms. The molecule has 14 heteroatoms. The molecule has 4 atom stereocenters. The number of nitrogens with zero attached hydrogens (tertiary/aromatic N) is 2. The number of hydrogen-bond donors (Lipinski definition) is 4.